The highest BCUT2D eigenvalue weighted by atomic mass is 16.4. The van der Waals surface area contributed by atoms with Crippen molar-refractivity contribution in [3.05, 3.63) is 53.6 Å². The number of carbonyl (C=O) groups is 2. The number of aliphatic carboxylic acids is 1. The van der Waals surface area contributed by atoms with Crippen LogP contribution in [0.15, 0.2) is 36.8 Å². The van der Waals surface area contributed by atoms with Gasteiger partial charge in [-0.1, -0.05) is 43.7 Å². The second-order valence-electron chi connectivity index (χ2n) is 7.56. The van der Waals surface area contributed by atoms with Crippen LogP contribution in [0.3, 0.4) is 0 Å². The number of carboxylic acid groups (broad SMARTS) is 1. The van der Waals surface area contributed by atoms with Gasteiger partial charge in [-0.15, -0.1) is 0 Å². The van der Waals surface area contributed by atoms with E-state index in [1.165, 1.54) is 12.5 Å². The Kier molecular flexibility index (Phi) is 7.30. The fourth-order valence-corrected chi connectivity index (χ4v) is 3.16. The number of rotatable bonds is 10. The molecule has 1 heterocycles. The maximum Gasteiger partial charge on any atom is 0.321 e. The number of ketones is 1. The summed E-state index contributed by atoms with van der Waals surface area (Å²) in [6.45, 7) is 8.21. The third-order valence-electron chi connectivity index (χ3n) is 4.55. The molecule has 1 aromatic carbocycles. The van der Waals surface area contributed by atoms with E-state index in [1.807, 2.05) is 43.5 Å². The van der Waals surface area contributed by atoms with E-state index in [2.05, 4.69) is 16.4 Å². The maximum absolute atomic E-state index is 11.9. The van der Waals surface area contributed by atoms with Crippen molar-refractivity contribution in [2.24, 2.45) is 5.92 Å². The standard InChI is InChI=1S/C21H29N3O3/c1-14(2)8-19(16(4)25)23-20(21(26)27)10-18-11-22-13-24(18)12-17-7-5-6-15(3)9-17/h5-7,9,11,13-14,19-20,23H,8,10,12H2,1-4H3,(H,26,27)/t19?,20-/m0/s1. The molecule has 2 atom stereocenters. The molecule has 0 saturated heterocycles. The zero-order valence-corrected chi connectivity index (χ0v) is 16.5. The van der Waals surface area contributed by atoms with E-state index in [0.29, 0.717) is 18.9 Å². The predicted octanol–water partition coefficient (Wildman–Crippen LogP) is 2.83. The molecule has 2 rings (SSSR count). The van der Waals surface area contributed by atoms with E-state index in [-0.39, 0.29) is 12.2 Å². The molecule has 27 heavy (non-hydrogen) atoms. The summed E-state index contributed by atoms with van der Waals surface area (Å²) in [4.78, 5) is 27.9. The molecule has 146 valence electrons. The summed E-state index contributed by atoms with van der Waals surface area (Å²) in [5.74, 6) is -0.704. The van der Waals surface area contributed by atoms with Gasteiger partial charge in [0.15, 0.2) is 0 Å². The van der Waals surface area contributed by atoms with Crippen molar-refractivity contribution in [3.63, 3.8) is 0 Å². The lowest BCUT2D eigenvalue weighted by Gasteiger charge is -2.23. The second-order valence-corrected chi connectivity index (χ2v) is 7.56. The Labute approximate surface area is 160 Å². The van der Waals surface area contributed by atoms with Gasteiger partial charge in [0.2, 0.25) is 0 Å². The third-order valence-corrected chi connectivity index (χ3v) is 4.55. The smallest absolute Gasteiger partial charge is 0.321 e. The molecular weight excluding hydrogens is 342 g/mol. The summed E-state index contributed by atoms with van der Waals surface area (Å²) in [5.41, 5.74) is 3.14. The van der Waals surface area contributed by atoms with Gasteiger partial charge in [0.05, 0.1) is 12.4 Å². The van der Waals surface area contributed by atoms with Gasteiger partial charge >= 0.3 is 5.97 Å². The van der Waals surface area contributed by atoms with Gasteiger partial charge in [0.1, 0.15) is 11.8 Å². The van der Waals surface area contributed by atoms with Crippen molar-refractivity contribution >= 4 is 11.8 Å². The van der Waals surface area contributed by atoms with Gasteiger partial charge in [-0.25, -0.2) is 4.98 Å². The van der Waals surface area contributed by atoms with Crippen LogP contribution < -0.4 is 5.32 Å². The van der Waals surface area contributed by atoms with Crippen molar-refractivity contribution in [2.75, 3.05) is 0 Å². The summed E-state index contributed by atoms with van der Waals surface area (Å²) >= 11 is 0. The average Bonchev–Trinajstić information content (AvgIpc) is 2.99. The fourth-order valence-electron chi connectivity index (χ4n) is 3.16. The normalized spacial score (nSPS) is 13.5. The Morgan fingerprint density at radius 1 is 1.26 bits per heavy atom. The Balaban J connectivity index is 2.14. The molecule has 2 N–H and O–H groups in total. The number of carbonyl (C=O) groups excluding carboxylic acids is 1. The Morgan fingerprint density at radius 3 is 2.59 bits per heavy atom. The molecule has 6 nitrogen and oxygen atoms in total. The maximum atomic E-state index is 11.9. The minimum Gasteiger partial charge on any atom is -0.480 e. The molecule has 0 aliphatic rings. The van der Waals surface area contributed by atoms with E-state index in [4.69, 9.17) is 0 Å². The van der Waals surface area contributed by atoms with Crippen LogP contribution in [0.1, 0.15) is 44.0 Å². The molecule has 0 radical (unpaired) electrons. The molecule has 1 aromatic heterocycles. The highest BCUT2D eigenvalue weighted by molar-refractivity contribution is 5.82. The monoisotopic (exact) mass is 371 g/mol. The van der Waals surface area contributed by atoms with Crippen LogP contribution in [0.2, 0.25) is 0 Å². The first kappa shape index (κ1) is 20.8. The summed E-state index contributed by atoms with van der Waals surface area (Å²) in [7, 11) is 0. The quantitative estimate of drug-likeness (QED) is 0.671. The molecule has 0 saturated carbocycles. The van der Waals surface area contributed by atoms with Crippen LogP contribution in [0.5, 0.6) is 0 Å². The molecule has 0 aliphatic heterocycles. The van der Waals surface area contributed by atoms with Crippen LogP contribution in [-0.4, -0.2) is 38.5 Å². The first-order valence-electron chi connectivity index (χ1n) is 9.30. The highest BCUT2D eigenvalue weighted by Gasteiger charge is 2.26. The molecule has 2 aromatic rings. The van der Waals surface area contributed by atoms with Gasteiger partial charge in [-0.2, -0.15) is 0 Å². The Bertz CT molecular complexity index is 782. The average molecular weight is 371 g/mol. The Morgan fingerprint density at radius 2 is 2.00 bits per heavy atom. The number of aromatic nitrogens is 2. The van der Waals surface area contributed by atoms with E-state index in [9.17, 15) is 14.7 Å². The highest BCUT2D eigenvalue weighted by Crippen LogP contribution is 2.12. The lowest BCUT2D eigenvalue weighted by molar-refractivity contribution is -0.139. The van der Waals surface area contributed by atoms with Crippen molar-refractivity contribution in [3.8, 4) is 0 Å². The fraction of sp³-hybridized carbons (Fsp3) is 0.476. The molecule has 0 bridgehead atoms. The molecule has 0 fully saturated rings. The zero-order valence-electron chi connectivity index (χ0n) is 16.5. The number of aryl methyl sites for hydroxylation is 1. The van der Waals surface area contributed by atoms with Crippen LogP contribution in [0.4, 0.5) is 0 Å². The van der Waals surface area contributed by atoms with Crippen LogP contribution >= 0.6 is 0 Å². The van der Waals surface area contributed by atoms with E-state index in [0.717, 1.165) is 11.3 Å². The number of imidazole rings is 1. The largest absolute Gasteiger partial charge is 0.480 e. The minimum absolute atomic E-state index is 0.0387. The zero-order chi connectivity index (χ0) is 20.0. The van der Waals surface area contributed by atoms with E-state index in [1.54, 1.807) is 12.5 Å². The molecule has 0 amide bonds. The first-order chi connectivity index (χ1) is 12.8. The number of benzene rings is 1. The molecule has 0 spiro atoms. The minimum atomic E-state index is -0.965. The SMILES string of the molecule is CC(=O)C(CC(C)C)N[C@@H](Cc1cncn1Cc1cccc(C)c1)C(=O)O. The Hall–Kier alpha value is -2.47. The van der Waals surface area contributed by atoms with Crippen LogP contribution in [0, 0.1) is 12.8 Å². The van der Waals surface area contributed by atoms with Crippen LogP contribution in [-0.2, 0) is 22.6 Å². The van der Waals surface area contributed by atoms with Gasteiger partial charge in [0, 0.05) is 24.9 Å². The van der Waals surface area contributed by atoms with Crippen molar-refractivity contribution in [1.82, 2.24) is 14.9 Å². The number of nitrogens with one attached hydrogen (secondary N) is 1. The summed E-state index contributed by atoms with van der Waals surface area (Å²) in [5, 5.41) is 12.7. The van der Waals surface area contributed by atoms with Gasteiger partial charge in [-0.05, 0) is 31.7 Å². The van der Waals surface area contributed by atoms with Gasteiger partial charge in [0.25, 0.3) is 0 Å². The number of hydrogen-bond donors (Lipinski definition) is 2. The molecule has 1 unspecified atom stereocenters. The van der Waals surface area contributed by atoms with E-state index >= 15 is 0 Å². The van der Waals surface area contributed by atoms with Gasteiger partial charge in [-0.3, -0.25) is 14.9 Å². The van der Waals surface area contributed by atoms with Crippen molar-refractivity contribution in [1.29, 1.82) is 0 Å². The number of hydrogen-bond acceptors (Lipinski definition) is 4. The number of carboxylic acids is 1. The van der Waals surface area contributed by atoms with Crippen LogP contribution in [0.25, 0.3) is 0 Å². The van der Waals surface area contributed by atoms with Crippen molar-refractivity contribution in [2.45, 2.75) is 59.2 Å². The summed E-state index contributed by atoms with van der Waals surface area (Å²) in [6.07, 6.45) is 4.29. The number of Topliss-reactive ketones (excluding diaryl/α,β-unsaturated/α-hetero) is 1. The third kappa shape index (κ3) is 6.32. The lowest BCUT2D eigenvalue weighted by atomic mass is 9.99. The predicted molar refractivity (Wildman–Crippen MR) is 105 cm³/mol. The molecular formula is C21H29N3O3. The first-order valence-corrected chi connectivity index (χ1v) is 9.30. The second kappa shape index (κ2) is 9.46. The number of nitrogens with zero attached hydrogens (tertiary/aromatic N) is 2. The summed E-state index contributed by atoms with van der Waals surface area (Å²) in [6, 6.07) is 6.89. The van der Waals surface area contributed by atoms with Crippen molar-refractivity contribution < 1.29 is 14.7 Å². The molecule has 6 heteroatoms. The van der Waals surface area contributed by atoms with Gasteiger partial charge < -0.3 is 9.67 Å². The van der Waals surface area contributed by atoms with E-state index < -0.39 is 18.1 Å². The summed E-state index contributed by atoms with van der Waals surface area (Å²) < 4.78 is 1.96. The topological polar surface area (TPSA) is 84.2 Å². The lowest BCUT2D eigenvalue weighted by Crippen LogP contribution is -2.48. The molecule has 0 aliphatic carbocycles.